The Bertz CT molecular complexity index is 1410. The number of unbranched alkanes of at least 4 members (excludes halogenated alkanes) is 33. The number of carbonyl (C=O) groups is 1. The van der Waals surface area contributed by atoms with Gasteiger partial charge in [-0.25, -0.2) is 0 Å². The van der Waals surface area contributed by atoms with E-state index < -0.39 is 86.8 Å². The number of amides is 1. The zero-order valence-corrected chi connectivity index (χ0v) is 48.0. The molecular weight excluding hydrogens is 967 g/mol. The molecule has 0 aromatic carbocycles. The Labute approximate surface area is 461 Å². The van der Waals surface area contributed by atoms with Crippen molar-refractivity contribution in [2.24, 2.45) is 0 Å². The van der Waals surface area contributed by atoms with E-state index in [0.29, 0.717) is 12.8 Å². The van der Waals surface area contributed by atoms with Crippen molar-refractivity contribution in [1.82, 2.24) is 5.32 Å². The first-order chi connectivity index (χ1) is 37.1. The summed E-state index contributed by atoms with van der Waals surface area (Å²) in [4.78, 5) is 13.2. The van der Waals surface area contributed by atoms with Crippen molar-refractivity contribution >= 4 is 5.91 Å². The molecule has 0 spiro atoms. The fourth-order valence-corrected chi connectivity index (χ4v) is 10.3. The fourth-order valence-electron chi connectivity index (χ4n) is 10.3. The third kappa shape index (κ3) is 33.1. The lowest BCUT2D eigenvalue weighted by Gasteiger charge is -2.46. The van der Waals surface area contributed by atoms with Crippen LogP contribution in [0.5, 0.6) is 0 Å². The van der Waals surface area contributed by atoms with Crippen molar-refractivity contribution in [3.8, 4) is 0 Å². The number of carbonyl (C=O) groups excluding carboxylic acids is 1. The molecule has 2 aliphatic rings. The van der Waals surface area contributed by atoms with Gasteiger partial charge >= 0.3 is 0 Å². The van der Waals surface area contributed by atoms with Gasteiger partial charge in [0.1, 0.15) is 48.8 Å². The van der Waals surface area contributed by atoms with Crippen molar-refractivity contribution in [2.75, 3.05) is 19.8 Å². The molecule has 0 bridgehead atoms. The Morgan fingerprint density at radius 2 is 0.842 bits per heavy atom. The average Bonchev–Trinajstić information content (AvgIpc) is 3.42. The largest absolute Gasteiger partial charge is 0.394 e. The van der Waals surface area contributed by atoms with Gasteiger partial charge in [0.25, 0.3) is 0 Å². The highest BCUT2D eigenvalue weighted by Gasteiger charge is 2.51. The molecular formula is C62H115NO13. The number of hydrogen-bond donors (Lipinski definition) is 9. The predicted octanol–water partition coefficient (Wildman–Crippen LogP) is 11.0. The normalized spacial score (nSPS) is 25.1. The second-order valence-electron chi connectivity index (χ2n) is 22.2. The lowest BCUT2D eigenvalue weighted by Crippen LogP contribution is -2.65. The summed E-state index contributed by atoms with van der Waals surface area (Å²) in [5.74, 6) is -0.251. The summed E-state index contributed by atoms with van der Waals surface area (Å²) >= 11 is 0. The quantitative estimate of drug-likeness (QED) is 0.0204. The van der Waals surface area contributed by atoms with Crippen LogP contribution in [0.3, 0.4) is 0 Å². The average molecular weight is 1080 g/mol. The number of nitrogens with one attached hydrogen (secondary N) is 1. The van der Waals surface area contributed by atoms with E-state index in [1.54, 1.807) is 6.08 Å². The molecule has 446 valence electrons. The number of rotatable bonds is 50. The molecule has 2 aliphatic heterocycles. The van der Waals surface area contributed by atoms with Crippen LogP contribution in [0.15, 0.2) is 36.5 Å². The predicted molar refractivity (Wildman–Crippen MR) is 305 cm³/mol. The van der Waals surface area contributed by atoms with Gasteiger partial charge in [-0.3, -0.25) is 4.79 Å². The molecule has 2 heterocycles. The van der Waals surface area contributed by atoms with E-state index >= 15 is 0 Å². The van der Waals surface area contributed by atoms with Crippen LogP contribution in [0.4, 0.5) is 0 Å². The van der Waals surface area contributed by atoms with Gasteiger partial charge in [0.05, 0.1) is 32.0 Å². The summed E-state index contributed by atoms with van der Waals surface area (Å²) in [5, 5.41) is 86.9. The molecule has 14 nitrogen and oxygen atoms in total. The zero-order valence-electron chi connectivity index (χ0n) is 48.0. The molecule has 12 atom stereocenters. The zero-order chi connectivity index (χ0) is 55.3. The summed E-state index contributed by atoms with van der Waals surface area (Å²) < 4.78 is 22.7. The SMILES string of the molecule is CCCC/C=C/CC/C=C/CC/C=C/C(O)C(COC1OC(CO)C(OC2OC(CO)C(O)C(O)C2O)C(O)C1O)NC(=O)CCCCCCCCCCCCCCCCCCCCCCCCCCCCCCCC. The first kappa shape index (κ1) is 70.3. The van der Waals surface area contributed by atoms with Crippen LogP contribution in [0.25, 0.3) is 0 Å². The van der Waals surface area contributed by atoms with Crippen LogP contribution >= 0.6 is 0 Å². The third-order valence-corrected chi connectivity index (χ3v) is 15.3. The molecule has 9 N–H and O–H groups in total. The summed E-state index contributed by atoms with van der Waals surface area (Å²) in [6.07, 6.45) is 42.2. The topological polar surface area (TPSA) is 228 Å². The summed E-state index contributed by atoms with van der Waals surface area (Å²) in [6.45, 7) is 2.74. The molecule has 76 heavy (non-hydrogen) atoms. The van der Waals surface area contributed by atoms with Gasteiger partial charge < -0.3 is 65.1 Å². The maximum Gasteiger partial charge on any atom is 0.220 e. The molecule has 0 aliphatic carbocycles. The molecule has 2 saturated heterocycles. The number of hydrogen-bond acceptors (Lipinski definition) is 13. The van der Waals surface area contributed by atoms with E-state index in [1.165, 1.54) is 180 Å². The van der Waals surface area contributed by atoms with E-state index in [9.17, 15) is 45.6 Å². The van der Waals surface area contributed by atoms with E-state index in [2.05, 4.69) is 43.5 Å². The number of aliphatic hydroxyl groups is 8. The van der Waals surface area contributed by atoms with Crippen LogP contribution < -0.4 is 5.32 Å². The van der Waals surface area contributed by atoms with Gasteiger partial charge in [0, 0.05) is 6.42 Å². The Morgan fingerprint density at radius 3 is 1.28 bits per heavy atom. The van der Waals surface area contributed by atoms with Crippen molar-refractivity contribution in [3.05, 3.63) is 36.5 Å². The lowest BCUT2D eigenvalue weighted by molar-refractivity contribution is -0.359. The van der Waals surface area contributed by atoms with Crippen molar-refractivity contribution < 1.29 is 64.6 Å². The molecule has 0 aromatic heterocycles. The Morgan fingerprint density at radius 1 is 0.461 bits per heavy atom. The maximum atomic E-state index is 13.2. The Kier molecular flexibility index (Phi) is 44.4. The van der Waals surface area contributed by atoms with Gasteiger partial charge in [0.15, 0.2) is 12.6 Å². The van der Waals surface area contributed by atoms with Crippen molar-refractivity contribution in [3.63, 3.8) is 0 Å². The molecule has 1 amide bonds. The standard InChI is InChI=1S/C62H115NO13/c1-3-5-7-9-11-13-15-17-18-19-20-21-22-23-24-25-26-27-28-29-30-31-32-33-34-36-38-40-42-44-46-54(67)63-50(51(66)45-43-41-39-37-35-16-14-12-10-8-6-4-2)49-73-61-59(72)57(70)60(53(48-65)75-61)76-62-58(71)56(69)55(68)52(47-64)74-62/h10,12,35,37,43,45,50-53,55-62,64-66,68-72H,3-9,11,13-34,36,38-42,44,46-49H2,1-2H3,(H,63,67)/b12-10+,37-35+,45-43+. The van der Waals surface area contributed by atoms with Gasteiger partial charge in [-0.1, -0.05) is 249 Å². The summed E-state index contributed by atoms with van der Waals surface area (Å²) in [5.41, 5.74) is 0. The summed E-state index contributed by atoms with van der Waals surface area (Å²) in [7, 11) is 0. The van der Waals surface area contributed by atoms with E-state index in [4.69, 9.17) is 18.9 Å². The van der Waals surface area contributed by atoms with Crippen LogP contribution in [-0.4, -0.2) is 140 Å². The summed E-state index contributed by atoms with van der Waals surface area (Å²) in [6, 6.07) is -0.934. The maximum absolute atomic E-state index is 13.2. The highest BCUT2D eigenvalue weighted by Crippen LogP contribution is 2.30. The first-order valence-corrected chi connectivity index (χ1v) is 31.2. The van der Waals surface area contributed by atoms with Crippen molar-refractivity contribution in [1.29, 1.82) is 0 Å². The molecule has 0 radical (unpaired) electrons. The second kappa shape index (κ2) is 48.0. The van der Waals surface area contributed by atoms with Gasteiger partial charge in [-0.05, 0) is 38.5 Å². The molecule has 14 heteroatoms. The third-order valence-electron chi connectivity index (χ3n) is 15.3. The van der Waals surface area contributed by atoms with Crippen molar-refractivity contribution in [2.45, 2.75) is 331 Å². The smallest absolute Gasteiger partial charge is 0.220 e. The van der Waals surface area contributed by atoms with Gasteiger partial charge in [0.2, 0.25) is 5.91 Å². The molecule has 0 aromatic rings. The van der Waals surface area contributed by atoms with Gasteiger partial charge in [-0.2, -0.15) is 0 Å². The second-order valence-corrected chi connectivity index (χ2v) is 22.2. The molecule has 2 fully saturated rings. The van der Waals surface area contributed by atoms with Crippen LogP contribution in [-0.2, 0) is 23.7 Å². The number of ether oxygens (including phenoxy) is 4. The molecule has 0 saturated carbocycles. The fraction of sp³-hybridized carbons (Fsp3) is 0.887. The van der Waals surface area contributed by atoms with E-state index in [1.807, 2.05) is 6.08 Å². The number of allylic oxidation sites excluding steroid dienone is 5. The van der Waals surface area contributed by atoms with E-state index in [0.717, 1.165) is 44.9 Å². The Hall–Kier alpha value is -1.79. The van der Waals surface area contributed by atoms with E-state index in [-0.39, 0.29) is 18.9 Å². The highest BCUT2D eigenvalue weighted by molar-refractivity contribution is 5.76. The van der Waals surface area contributed by atoms with Crippen LogP contribution in [0.2, 0.25) is 0 Å². The molecule has 12 unspecified atom stereocenters. The minimum Gasteiger partial charge on any atom is -0.394 e. The lowest BCUT2D eigenvalue weighted by atomic mass is 9.97. The first-order valence-electron chi connectivity index (χ1n) is 31.2. The number of aliphatic hydroxyl groups excluding tert-OH is 8. The van der Waals surface area contributed by atoms with Gasteiger partial charge in [-0.15, -0.1) is 0 Å². The highest BCUT2D eigenvalue weighted by atomic mass is 16.7. The van der Waals surface area contributed by atoms with Crippen LogP contribution in [0.1, 0.15) is 258 Å². The minimum absolute atomic E-state index is 0.251. The minimum atomic E-state index is -1.79. The monoisotopic (exact) mass is 1080 g/mol. The van der Waals surface area contributed by atoms with Crippen LogP contribution in [0, 0.1) is 0 Å². The molecule has 2 rings (SSSR count). The Balaban J connectivity index is 1.65.